The molecule has 0 saturated carbocycles. The molecule has 0 fully saturated rings. The number of hydrogen-bond acceptors (Lipinski definition) is 4. The number of hydrogen-bond donors (Lipinski definition) is 0. The molecule has 0 aliphatic carbocycles. The minimum atomic E-state index is -0.300. The summed E-state index contributed by atoms with van der Waals surface area (Å²) in [4.78, 5) is 22.3. The van der Waals surface area contributed by atoms with Crippen molar-refractivity contribution < 1.29 is 19.1 Å². The molecule has 4 heteroatoms. The third kappa shape index (κ3) is 7.55. The van der Waals surface area contributed by atoms with Crippen LogP contribution >= 0.6 is 0 Å². The molecule has 0 aromatic heterocycles. The first-order valence-corrected chi connectivity index (χ1v) is 5.93. The van der Waals surface area contributed by atoms with Crippen LogP contribution in [0.25, 0.3) is 0 Å². The van der Waals surface area contributed by atoms with Crippen LogP contribution in [0, 0.1) is 5.92 Å². The fourth-order valence-electron chi connectivity index (χ4n) is 1.46. The van der Waals surface area contributed by atoms with Gasteiger partial charge in [-0.3, -0.25) is 4.79 Å². The van der Waals surface area contributed by atoms with Gasteiger partial charge in [-0.1, -0.05) is 12.5 Å². The van der Waals surface area contributed by atoms with Gasteiger partial charge in [-0.15, -0.1) is 0 Å². The van der Waals surface area contributed by atoms with Crippen molar-refractivity contribution in [3.05, 3.63) is 11.6 Å². The Balaban J connectivity index is 3.88. The van der Waals surface area contributed by atoms with Crippen molar-refractivity contribution >= 4 is 11.9 Å². The van der Waals surface area contributed by atoms with Gasteiger partial charge in [-0.25, -0.2) is 4.79 Å². The summed E-state index contributed by atoms with van der Waals surface area (Å²) in [5, 5.41) is 0. The SMILES string of the molecule is CCOC(=O)/C=C(\C)CCCC(C)C(=O)OC. The van der Waals surface area contributed by atoms with Crippen LogP contribution in [-0.4, -0.2) is 25.7 Å². The van der Waals surface area contributed by atoms with E-state index in [1.165, 1.54) is 13.2 Å². The van der Waals surface area contributed by atoms with Crippen LogP contribution in [0.1, 0.15) is 40.0 Å². The predicted molar refractivity (Wildman–Crippen MR) is 65.4 cm³/mol. The van der Waals surface area contributed by atoms with E-state index in [0.29, 0.717) is 6.61 Å². The first kappa shape index (κ1) is 15.7. The van der Waals surface area contributed by atoms with Crippen LogP contribution < -0.4 is 0 Å². The summed E-state index contributed by atoms with van der Waals surface area (Å²) in [5.41, 5.74) is 0.973. The number of carbonyl (C=O) groups excluding carboxylic acids is 2. The normalized spacial score (nSPS) is 13.1. The van der Waals surface area contributed by atoms with Crippen molar-refractivity contribution in [2.75, 3.05) is 13.7 Å². The van der Waals surface area contributed by atoms with E-state index in [1.807, 2.05) is 13.8 Å². The largest absolute Gasteiger partial charge is 0.469 e. The molecule has 0 aromatic rings. The van der Waals surface area contributed by atoms with E-state index >= 15 is 0 Å². The minimum Gasteiger partial charge on any atom is -0.469 e. The van der Waals surface area contributed by atoms with Crippen LogP contribution in [0.4, 0.5) is 0 Å². The zero-order chi connectivity index (χ0) is 13.3. The molecule has 0 spiro atoms. The highest BCUT2D eigenvalue weighted by Crippen LogP contribution is 2.13. The summed E-state index contributed by atoms with van der Waals surface area (Å²) in [6.45, 7) is 5.90. The van der Waals surface area contributed by atoms with Gasteiger partial charge in [0, 0.05) is 6.08 Å². The lowest BCUT2D eigenvalue weighted by atomic mass is 10.0. The van der Waals surface area contributed by atoms with Gasteiger partial charge in [0.15, 0.2) is 0 Å². The van der Waals surface area contributed by atoms with E-state index in [9.17, 15) is 9.59 Å². The second kappa shape index (κ2) is 8.79. The Morgan fingerprint density at radius 1 is 1.35 bits per heavy atom. The van der Waals surface area contributed by atoms with Crippen molar-refractivity contribution in [2.45, 2.75) is 40.0 Å². The number of methoxy groups -OCH3 is 1. The Labute approximate surface area is 103 Å². The quantitative estimate of drug-likeness (QED) is 0.508. The van der Waals surface area contributed by atoms with Crippen LogP contribution in [0.2, 0.25) is 0 Å². The van der Waals surface area contributed by atoms with E-state index in [0.717, 1.165) is 24.8 Å². The van der Waals surface area contributed by atoms with Gasteiger partial charge in [0.1, 0.15) is 0 Å². The van der Waals surface area contributed by atoms with Gasteiger partial charge in [0.2, 0.25) is 0 Å². The summed E-state index contributed by atoms with van der Waals surface area (Å²) < 4.78 is 9.44. The first-order chi connectivity index (χ1) is 8.01. The van der Waals surface area contributed by atoms with Crippen molar-refractivity contribution in [3.63, 3.8) is 0 Å². The third-order valence-electron chi connectivity index (χ3n) is 2.46. The maximum atomic E-state index is 11.1. The Kier molecular flexibility index (Phi) is 8.11. The maximum absolute atomic E-state index is 11.1. The molecule has 98 valence electrons. The number of allylic oxidation sites excluding steroid dienone is 1. The van der Waals surface area contributed by atoms with E-state index in [1.54, 1.807) is 6.92 Å². The van der Waals surface area contributed by atoms with Gasteiger partial charge < -0.3 is 9.47 Å². The predicted octanol–water partition coefficient (Wildman–Crippen LogP) is 2.48. The summed E-state index contributed by atoms with van der Waals surface area (Å²) in [6.07, 6.45) is 3.92. The molecule has 17 heavy (non-hydrogen) atoms. The summed E-state index contributed by atoms with van der Waals surface area (Å²) in [6, 6.07) is 0. The average molecular weight is 242 g/mol. The Morgan fingerprint density at radius 2 is 2.00 bits per heavy atom. The second-order valence-electron chi connectivity index (χ2n) is 4.06. The average Bonchev–Trinajstić information content (AvgIpc) is 2.27. The zero-order valence-electron chi connectivity index (χ0n) is 11.1. The smallest absolute Gasteiger partial charge is 0.330 e. The van der Waals surface area contributed by atoms with Crippen LogP contribution in [-0.2, 0) is 19.1 Å². The lowest BCUT2D eigenvalue weighted by Gasteiger charge is -2.08. The third-order valence-corrected chi connectivity index (χ3v) is 2.46. The molecule has 0 heterocycles. The molecule has 0 aromatic carbocycles. The van der Waals surface area contributed by atoms with Crippen LogP contribution in [0.3, 0.4) is 0 Å². The standard InChI is InChI=1S/C13H22O4/c1-5-17-12(14)9-10(2)7-6-8-11(3)13(15)16-4/h9,11H,5-8H2,1-4H3/b10-9+. The fourth-order valence-corrected chi connectivity index (χ4v) is 1.46. The van der Waals surface area contributed by atoms with Gasteiger partial charge >= 0.3 is 11.9 Å². The Bertz CT molecular complexity index is 281. The van der Waals surface area contributed by atoms with E-state index < -0.39 is 0 Å². The Morgan fingerprint density at radius 3 is 2.53 bits per heavy atom. The highest BCUT2D eigenvalue weighted by molar-refractivity contribution is 5.82. The number of carbonyl (C=O) groups is 2. The number of rotatable bonds is 7. The molecule has 0 aliphatic heterocycles. The maximum Gasteiger partial charge on any atom is 0.330 e. The van der Waals surface area contributed by atoms with Crippen molar-refractivity contribution in [2.24, 2.45) is 5.92 Å². The van der Waals surface area contributed by atoms with Crippen molar-refractivity contribution in [1.29, 1.82) is 0 Å². The molecule has 0 bridgehead atoms. The monoisotopic (exact) mass is 242 g/mol. The lowest BCUT2D eigenvalue weighted by Crippen LogP contribution is -2.12. The molecular formula is C13H22O4. The van der Waals surface area contributed by atoms with Crippen LogP contribution in [0.15, 0.2) is 11.6 Å². The zero-order valence-corrected chi connectivity index (χ0v) is 11.1. The highest BCUT2D eigenvalue weighted by Gasteiger charge is 2.12. The van der Waals surface area contributed by atoms with Crippen LogP contribution in [0.5, 0.6) is 0 Å². The molecule has 0 aliphatic rings. The van der Waals surface area contributed by atoms with Gasteiger partial charge in [-0.05, 0) is 33.1 Å². The molecule has 0 N–H and O–H groups in total. The molecular weight excluding hydrogens is 220 g/mol. The molecule has 0 saturated heterocycles. The van der Waals surface area contributed by atoms with Gasteiger partial charge in [-0.2, -0.15) is 0 Å². The molecule has 0 rings (SSSR count). The molecule has 1 atom stereocenters. The lowest BCUT2D eigenvalue weighted by molar-refractivity contribution is -0.145. The number of ether oxygens (including phenoxy) is 2. The van der Waals surface area contributed by atoms with E-state index in [4.69, 9.17) is 4.74 Å². The molecule has 0 radical (unpaired) electrons. The summed E-state index contributed by atoms with van der Waals surface area (Å²) >= 11 is 0. The summed E-state index contributed by atoms with van der Waals surface area (Å²) in [5.74, 6) is -0.571. The van der Waals surface area contributed by atoms with Gasteiger partial charge in [0.25, 0.3) is 0 Å². The topological polar surface area (TPSA) is 52.6 Å². The van der Waals surface area contributed by atoms with Crippen molar-refractivity contribution in [1.82, 2.24) is 0 Å². The summed E-state index contributed by atoms with van der Waals surface area (Å²) in [7, 11) is 1.39. The Hall–Kier alpha value is -1.32. The first-order valence-electron chi connectivity index (χ1n) is 5.93. The molecule has 4 nitrogen and oxygen atoms in total. The second-order valence-corrected chi connectivity index (χ2v) is 4.06. The fraction of sp³-hybridized carbons (Fsp3) is 0.692. The molecule has 1 unspecified atom stereocenters. The van der Waals surface area contributed by atoms with Crippen molar-refractivity contribution in [3.8, 4) is 0 Å². The minimum absolute atomic E-state index is 0.0876. The van der Waals surface area contributed by atoms with E-state index in [-0.39, 0.29) is 17.9 Å². The number of esters is 2. The highest BCUT2D eigenvalue weighted by atomic mass is 16.5. The molecule has 0 amide bonds. The van der Waals surface area contributed by atoms with E-state index in [2.05, 4.69) is 4.74 Å². The van der Waals surface area contributed by atoms with Gasteiger partial charge in [0.05, 0.1) is 19.6 Å².